The van der Waals surface area contributed by atoms with E-state index in [1.54, 1.807) is 25.3 Å². The fourth-order valence-electron chi connectivity index (χ4n) is 5.96. The molecule has 0 spiro atoms. The van der Waals surface area contributed by atoms with Crippen molar-refractivity contribution < 1.29 is 22.7 Å². The van der Waals surface area contributed by atoms with Crippen molar-refractivity contribution >= 4 is 23.0 Å². The third-order valence-electron chi connectivity index (χ3n) is 8.17. The number of aromatic amines is 1. The number of nitrogens with one attached hydrogen (secondary N) is 2. The second kappa shape index (κ2) is 12.6. The second-order valence-electron chi connectivity index (χ2n) is 11.0. The van der Waals surface area contributed by atoms with Gasteiger partial charge in [-0.1, -0.05) is 11.6 Å². The highest BCUT2D eigenvalue weighted by atomic mass is 35.5. The van der Waals surface area contributed by atoms with Crippen LogP contribution in [0.15, 0.2) is 47.5 Å². The van der Waals surface area contributed by atoms with Crippen molar-refractivity contribution in [1.82, 2.24) is 29.5 Å². The summed E-state index contributed by atoms with van der Waals surface area (Å²) in [6.07, 6.45) is -0.710. The number of rotatable bonds is 8. The third-order valence-corrected chi connectivity index (χ3v) is 8.37. The number of halogens is 4. The van der Waals surface area contributed by atoms with Gasteiger partial charge < -0.3 is 19.4 Å². The first-order valence-corrected chi connectivity index (χ1v) is 14.6. The van der Waals surface area contributed by atoms with Crippen molar-refractivity contribution in [1.29, 1.82) is 0 Å². The van der Waals surface area contributed by atoms with Crippen molar-refractivity contribution in [3.05, 3.63) is 86.3 Å². The molecule has 2 N–H and O–H groups in total. The quantitative estimate of drug-likeness (QED) is 0.262. The maximum absolute atomic E-state index is 13.8. The molecule has 9 nitrogen and oxygen atoms in total. The molecule has 1 atom stereocenters. The first-order chi connectivity index (χ1) is 20.9. The maximum Gasteiger partial charge on any atom is 0.401 e. The van der Waals surface area contributed by atoms with E-state index >= 15 is 0 Å². The number of ether oxygens (including phenoxy) is 1. The van der Waals surface area contributed by atoms with E-state index in [0.29, 0.717) is 40.8 Å². The number of hydrogen-bond donors (Lipinski definition) is 2. The van der Waals surface area contributed by atoms with Crippen molar-refractivity contribution in [2.45, 2.75) is 39.5 Å². The molecular formula is C31H34ClF3N6O3. The molecular weight excluding hydrogens is 597 g/mol. The van der Waals surface area contributed by atoms with Gasteiger partial charge in [-0.2, -0.15) is 13.2 Å². The number of alkyl halides is 3. The topological polar surface area (TPSA) is 95.0 Å². The molecule has 234 valence electrons. The van der Waals surface area contributed by atoms with E-state index in [0.717, 1.165) is 27.9 Å². The largest absolute Gasteiger partial charge is 0.496 e. The summed E-state index contributed by atoms with van der Waals surface area (Å²) in [7, 11) is 1.47. The predicted molar refractivity (Wildman–Crippen MR) is 162 cm³/mol. The highest BCUT2D eigenvalue weighted by Crippen LogP contribution is 2.34. The summed E-state index contributed by atoms with van der Waals surface area (Å²) in [5.41, 5.74) is 4.97. The standard InChI is InChI=1S/C31H34ClF3N6O3/c1-18-13-26(44-4)24(30(43)38-18)16-37-29(42)23-15-25-22(21-5-7-36-27(32)14-21)6-8-41(25)28(19(23)2)20(3)40-11-9-39(10-12-40)17-31(33,34)35/h5-8,13-15,20H,9-12,16-17H2,1-4H3,(H,37,42)(H,38,43). The van der Waals surface area contributed by atoms with Crippen LogP contribution in [0.25, 0.3) is 16.6 Å². The van der Waals surface area contributed by atoms with Gasteiger partial charge in [0.25, 0.3) is 11.5 Å². The number of amides is 1. The average Bonchev–Trinajstić information content (AvgIpc) is 3.38. The Labute approximate surface area is 257 Å². The highest BCUT2D eigenvalue weighted by molar-refractivity contribution is 6.29. The second-order valence-corrected chi connectivity index (χ2v) is 11.4. The van der Waals surface area contributed by atoms with Gasteiger partial charge in [-0.3, -0.25) is 19.4 Å². The maximum atomic E-state index is 13.8. The molecule has 13 heteroatoms. The molecule has 4 aromatic heterocycles. The fourth-order valence-corrected chi connectivity index (χ4v) is 6.14. The minimum absolute atomic E-state index is 0.0534. The lowest BCUT2D eigenvalue weighted by molar-refractivity contribution is -0.149. The lowest BCUT2D eigenvalue weighted by Gasteiger charge is -2.39. The molecule has 5 heterocycles. The number of methoxy groups -OCH3 is 1. The van der Waals surface area contributed by atoms with Crippen molar-refractivity contribution in [3.8, 4) is 16.9 Å². The van der Waals surface area contributed by atoms with Crippen LogP contribution in [0.4, 0.5) is 13.2 Å². The van der Waals surface area contributed by atoms with Gasteiger partial charge >= 0.3 is 6.18 Å². The van der Waals surface area contributed by atoms with E-state index in [1.165, 1.54) is 12.0 Å². The Morgan fingerprint density at radius 3 is 2.55 bits per heavy atom. The van der Waals surface area contributed by atoms with Gasteiger partial charge in [-0.25, -0.2) is 4.98 Å². The third kappa shape index (κ3) is 6.62. The summed E-state index contributed by atoms with van der Waals surface area (Å²) in [5.74, 6) is -0.00321. The van der Waals surface area contributed by atoms with Gasteiger partial charge in [0, 0.05) is 67.1 Å². The molecule has 0 bridgehead atoms. The van der Waals surface area contributed by atoms with Crippen molar-refractivity contribution in [2.75, 3.05) is 39.8 Å². The van der Waals surface area contributed by atoms with E-state index in [2.05, 4.69) is 20.2 Å². The summed E-state index contributed by atoms with van der Waals surface area (Å²) in [6.45, 7) is 6.08. The number of nitrogens with zero attached hydrogens (tertiary/aromatic N) is 4. The Morgan fingerprint density at radius 2 is 1.89 bits per heavy atom. The Bertz CT molecular complexity index is 1740. The summed E-state index contributed by atoms with van der Waals surface area (Å²) in [5, 5.41) is 3.21. The van der Waals surface area contributed by atoms with Crippen LogP contribution in [0.5, 0.6) is 5.75 Å². The number of piperazine rings is 1. The molecule has 1 fully saturated rings. The van der Waals surface area contributed by atoms with E-state index in [1.807, 2.05) is 42.6 Å². The zero-order valence-corrected chi connectivity index (χ0v) is 25.6. The number of hydrogen-bond acceptors (Lipinski definition) is 6. The molecule has 0 saturated carbocycles. The van der Waals surface area contributed by atoms with E-state index in [-0.39, 0.29) is 37.1 Å². The number of aryl methyl sites for hydroxylation is 1. The molecule has 44 heavy (non-hydrogen) atoms. The molecule has 5 rings (SSSR count). The van der Waals surface area contributed by atoms with Gasteiger partial charge in [-0.15, -0.1) is 0 Å². The smallest absolute Gasteiger partial charge is 0.401 e. The Balaban J connectivity index is 1.53. The molecule has 0 aromatic carbocycles. The first-order valence-electron chi connectivity index (χ1n) is 14.2. The molecule has 0 radical (unpaired) electrons. The van der Waals surface area contributed by atoms with Crippen LogP contribution in [0, 0.1) is 13.8 Å². The molecule has 4 aromatic rings. The minimum Gasteiger partial charge on any atom is -0.496 e. The first kappa shape index (κ1) is 31.6. The number of H-pyrrole nitrogens is 1. The van der Waals surface area contributed by atoms with Crippen LogP contribution >= 0.6 is 11.6 Å². The van der Waals surface area contributed by atoms with Crippen LogP contribution in [-0.4, -0.2) is 76.1 Å². The minimum atomic E-state index is -4.25. The van der Waals surface area contributed by atoms with Gasteiger partial charge in [0.05, 0.1) is 31.3 Å². The average molecular weight is 631 g/mol. The van der Waals surface area contributed by atoms with Crippen LogP contribution in [0.3, 0.4) is 0 Å². The van der Waals surface area contributed by atoms with Crippen LogP contribution in [0.2, 0.25) is 5.15 Å². The van der Waals surface area contributed by atoms with E-state index < -0.39 is 12.7 Å². The van der Waals surface area contributed by atoms with Crippen LogP contribution in [0.1, 0.15) is 45.8 Å². The van der Waals surface area contributed by atoms with Gasteiger partial charge in [-0.05, 0) is 62.2 Å². The Hall–Kier alpha value is -3.87. The normalized spacial score (nSPS) is 15.5. The number of carbonyl (C=O) groups is 1. The number of pyridine rings is 3. The molecule has 0 aliphatic carbocycles. The van der Waals surface area contributed by atoms with Gasteiger partial charge in [0.15, 0.2) is 0 Å². The van der Waals surface area contributed by atoms with Crippen LogP contribution in [-0.2, 0) is 6.54 Å². The molecule has 1 aliphatic heterocycles. The zero-order valence-electron chi connectivity index (χ0n) is 24.9. The monoisotopic (exact) mass is 630 g/mol. The highest BCUT2D eigenvalue weighted by Gasteiger charge is 2.34. The van der Waals surface area contributed by atoms with Crippen LogP contribution < -0.4 is 15.6 Å². The SMILES string of the molecule is COc1cc(C)[nH]c(=O)c1CNC(=O)c1cc2c(-c3ccnc(Cl)c3)ccn2c(C(C)N2CCN(CC(F)(F)F)CC2)c1C. The summed E-state index contributed by atoms with van der Waals surface area (Å²) in [6, 6.07) is 8.80. The number of carbonyl (C=O) groups excluding carboxylic acids is 1. The summed E-state index contributed by atoms with van der Waals surface area (Å²) < 4.78 is 46.4. The zero-order chi connectivity index (χ0) is 31.8. The van der Waals surface area contributed by atoms with Crippen molar-refractivity contribution in [2.24, 2.45) is 0 Å². The lowest BCUT2D eigenvalue weighted by Crippen LogP contribution is -2.49. The van der Waals surface area contributed by atoms with E-state index in [4.69, 9.17) is 16.3 Å². The predicted octanol–water partition coefficient (Wildman–Crippen LogP) is 5.14. The molecule has 1 aliphatic rings. The lowest BCUT2D eigenvalue weighted by atomic mass is 9.99. The summed E-state index contributed by atoms with van der Waals surface area (Å²) in [4.78, 5) is 36.8. The number of aromatic nitrogens is 3. The summed E-state index contributed by atoms with van der Waals surface area (Å²) >= 11 is 6.20. The van der Waals surface area contributed by atoms with Gasteiger partial charge in [0.1, 0.15) is 10.9 Å². The molecule has 1 unspecified atom stereocenters. The van der Waals surface area contributed by atoms with Crippen molar-refractivity contribution in [3.63, 3.8) is 0 Å². The molecule has 1 saturated heterocycles. The Morgan fingerprint density at radius 1 is 1.16 bits per heavy atom. The van der Waals surface area contributed by atoms with Gasteiger partial charge in [0.2, 0.25) is 0 Å². The fraction of sp³-hybridized carbons (Fsp3) is 0.387. The van der Waals surface area contributed by atoms with E-state index in [9.17, 15) is 22.8 Å². The molecule has 1 amide bonds. The Kier molecular flexibility index (Phi) is 9.05. The number of fused-ring (bicyclic) bond motifs is 1.